The molecule has 2 aliphatic rings. The van der Waals surface area contributed by atoms with E-state index < -0.39 is 0 Å². The minimum Gasteiger partial charge on any atom is -0.393 e. The number of aliphatic hydroxyl groups is 1. The van der Waals surface area contributed by atoms with Gasteiger partial charge in [-0.05, 0) is 31.7 Å². The van der Waals surface area contributed by atoms with Crippen molar-refractivity contribution in [1.82, 2.24) is 4.90 Å². The standard InChI is InChI=1S/C10H18INO/c11-4-1-5-12-6-8-2-3-10(13)9(8)7-12/h8-10,13H,1-7H2. The van der Waals surface area contributed by atoms with Crippen LogP contribution in [-0.2, 0) is 0 Å². The van der Waals surface area contributed by atoms with Crippen LogP contribution in [-0.4, -0.2) is 40.2 Å². The number of likely N-dealkylation sites (tertiary alicyclic amines) is 1. The van der Waals surface area contributed by atoms with E-state index in [9.17, 15) is 5.11 Å². The van der Waals surface area contributed by atoms with E-state index in [-0.39, 0.29) is 6.10 Å². The van der Waals surface area contributed by atoms with Crippen molar-refractivity contribution in [2.24, 2.45) is 11.8 Å². The Labute approximate surface area is 93.8 Å². The second kappa shape index (κ2) is 4.45. The monoisotopic (exact) mass is 295 g/mol. The molecular weight excluding hydrogens is 277 g/mol. The van der Waals surface area contributed by atoms with Crippen LogP contribution in [0.15, 0.2) is 0 Å². The summed E-state index contributed by atoms with van der Waals surface area (Å²) in [6, 6.07) is 0. The summed E-state index contributed by atoms with van der Waals surface area (Å²) in [6.45, 7) is 3.64. The second-order valence-electron chi connectivity index (χ2n) is 4.37. The smallest absolute Gasteiger partial charge is 0.0583 e. The third-order valence-electron chi connectivity index (χ3n) is 3.50. The predicted octanol–water partition coefficient (Wildman–Crippen LogP) is 1.51. The molecule has 2 rings (SSSR count). The van der Waals surface area contributed by atoms with Gasteiger partial charge in [-0.3, -0.25) is 0 Å². The minimum atomic E-state index is 0.00889. The molecular formula is C10H18INO. The molecule has 1 saturated heterocycles. The maximum absolute atomic E-state index is 9.71. The first-order valence-corrected chi connectivity index (χ1v) is 6.80. The molecule has 2 nitrogen and oxygen atoms in total. The summed E-state index contributed by atoms with van der Waals surface area (Å²) in [5.41, 5.74) is 0. The number of hydrogen-bond donors (Lipinski definition) is 1. The normalized spacial score (nSPS) is 39.7. The molecule has 2 fully saturated rings. The first-order chi connectivity index (χ1) is 6.31. The van der Waals surface area contributed by atoms with Gasteiger partial charge in [-0.15, -0.1) is 0 Å². The highest BCUT2D eigenvalue weighted by molar-refractivity contribution is 14.1. The molecule has 76 valence electrons. The van der Waals surface area contributed by atoms with Crippen LogP contribution in [0.5, 0.6) is 0 Å². The Kier molecular flexibility index (Phi) is 3.48. The molecule has 1 aliphatic carbocycles. The van der Waals surface area contributed by atoms with Crippen molar-refractivity contribution in [3.63, 3.8) is 0 Å². The minimum absolute atomic E-state index is 0.00889. The molecule has 0 radical (unpaired) electrons. The van der Waals surface area contributed by atoms with Crippen LogP contribution >= 0.6 is 22.6 Å². The average molecular weight is 295 g/mol. The number of aliphatic hydroxyl groups excluding tert-OH is 1. The molecule has 3 atom stereocenters. The van der Waals surface area contributed by atoms with Gasteiger partial charge in [-0.25, -0.2) is 0 Å². The summed E-state index contributed by atoms with van der Waals surface area (Å²) >= 11 is 2.44. The van der Waals surface area contributed by atoms with Crippen LogP contribution in [0.2, 0.25) is 0 Å². The number of hydrogen-bond acceptors (Lipinski definition) is 2. The predicted molar refractivity (Wildman–Crippen MR) is 62.2 cm³/mol. The van der Waals surface area contributed by atoms with E-state index in [4.69, 9.17) is 0 Å². The molecule has 0 bridgehead atoms. The average Bonchev–Trinajstić information content (AvgIpc) is 2.65. The van der Waals surface area contributed by atoms with Crippen LogP contribution in [0.4, 0.5) is 0 Å². The van der Waals surface area contributed by atoms with E-state index >= 15 is 0 Å². The third kappa shape index (κ3) is 2.18. The lowest BCUT2D eigenvalue weighted by Gasteiger charge is -2.16. The summed E-state index contributed by atoms with van der Waals surface area (Å²) in [4.78, 5) is 2.54. The summed E-state index contributed by atoms with van der Waals surface area (Å²) < 4.78 is 1.26. The highest BCUT2D eigenvalue weighted by Crippen LogP contribution is 2.37. The molecule has 3 unspecified atom stereocenters. The van der Waals surface area contributed by atoms with Gasteiger partial charge in [0.05, 0.1) is 6.10 Å². The first kappa shape index (κ1) is 10.2. The van der Waals surface area contributed by atoms with E-state index in [1.807, 2.05) is 0 Å². The number of fused-ring (bicyclic) bond motifs is 1. The maximum Gasteiger partial charge on any atom is 0.0583 e. The zero-order chi connectivity index (χ0) is 9.26. The van der Waals surface area contributed by atoms with Crippen molar-refractivity contribution in [3.05, 3.63) is 0 Å². The lowest BCUT2D eigenvalue weighted by molar-refractivity contribution is 0.124. The highest BCUT2D eigenvalue weighted by atomic mass is 127. The Bertz CT molecular complexity index is 176. The number of rotatable bonds is 3. The highest BCUT2D eigenvalue weighted by Gasteiger charge is 2.41. The molecule has 0 aromatic heterocycles. The van der Waals surface area contributed by atoms with Crippen LogP contribution in [0.1, 0.15) is 19.3 Å². The van der Waals surface area contributed by atoms with Gasteiger partial charge in [0.1, 0.15) is 0 Å². The number of halogens is 1. The quantitative estimate of drug-likeness (QED) is 0.630. The van der Waals surface area contributed by atoms with Gasteiger partial charge in [-0.1, -0.05) is 22.6 Å². The van der Waals surface area contributed by atoms with Crippen LogP contribution in [0.3, 0.4) is 0 Å². The van der Waals surface area contributed by atoms with Gasteiger partial charge in [0, 0.05) is 23.4 Å². The van der Waals surface area contributed by atoms with E-state index in [1.165, 1.54) is 30.4 Å². The topological polar surface area (TPSA) is 23.5 Å². The zero-order valence-electron chi connectivity index (χ0n) is 7.95. The molecule has 1 aliphatic heterocycles. The molecule has 1 heterocycles. The first-order valence-electron chi connectivity index (χ1n) is 5.27. The van der Waals surface area contributed by atoms with Gasteiger partial charge in [0.25, 0.3) is 0 Å². The summed E-state index contributed by atoms with van der Waals surface area (Å²) in [6.07, 6.45) is 3.62. The fraction of sp³-hybridized carbons (Fsp3) is 1.00. The van der Waals surface area contributed by atoms with Crippen molar-refractivity contribution in [3.8, 4) is 0 Å². The second-order valence-corrected chi connectivity index (χ2v) is 5.45. The van der Waals surface area contributed by atoms with Crippen molar-refractivity contribution >= 4 is 22.6 Å². The SMILES string of the molecule is OC1CCC2CN(CCCI)CC12. The number of nitrogens with zero attached hydrogens (tertiary/aromatic N) is 1. The molecule has 0 aromatic rings. The van der Waals surface area contributed by atoms with E-state index in [2.05, 4.69) is 27.5 Å². The van der Waals surface area contributed by atoms with Crippen molar-refractivity contribution < 1.29 is 5.11 Å². The van der Waals surface area contributed by atoms with Gasteiger partial charge in [-0.2, -0.15) is 0 Å². The Morgan fingerprint density at radius 3 is 2.85 bits per heavy atom. The Morgan fingerprint density at radius 1 is 1.31 bits per heavy atom. The van der Waals surface area contributed by atoms with Crippen LogP contribution in [0, 0.1) is 11.8 Å². The van der Waals surface area contributed by atoms with Gasteiger partial charge >= 0.3 is 0 Å². The van der Waals surface area contributed by atoms with Gasteiger partial charge in [0.2, 0.25) is 0 Å². The maximum atomic E-state index is 9.71. The fourth-order valence-corrected chi connectivity index (χ4v) is 3.14. The van der Waals surface area contributed by atoms with Crippen molar-refractivity contribution in [2.45, 2.75) is 25.4 Å². The largest absolute Gasteiger partial charge is 0.393 e. The Morgan fingerprint density at radius 2 is 2.15 bits per heavy atom. The molecule has 0 amide bonds. The summed E-state index contributed by atoms with van der Waals surface area (Å²) in [5, 5.41) is 9.71. The van der Waals surface area contributed by atoms with E-state index in [1.54, 1.807) is 0 Å². The molecule has 0 aromatic carbocycles. The van der Waals surface area contributed by atoms with E-state index in [0.717, 1.165) is 18.9 Å². The van der Waals surface area contributed by atoms with Gasteiger partial charge < -0.3 is 10.0 Å². The fourth-order valence-electron chi connectivity index (χ4n) is 2.79. The number of alkyl halides is 1. The van der Waals surface area contributed by atoms with E-state index in [0.29, 0.717) is 5.92 Å². The zero-order valence-corrected chi connectivity index (χ0v) is 10.1. The summed E-state index contributed by atoms with van der Waals surface area (Å²) in [7, 11) is 0. The van der Waals surface area contributed by atoms with Gasteiger partial charge in [0.15, 0.2) is 0 Å². The molecule has 3 heteroatoms. The molecule has 1 N–H and O–H groups in total. The van der Waals surface area contributed by atoms with Crippen molar-refractivity contribution in [1.29, 1.82) is 0 Å². The molecule has 0 spiro atoms. The Hall–Kier alpha value is 0.650. The lowest BCUT2D eigenvalue weighted by atomic mass is 10.00. The lowest BCUT2D eigenvalue weighted by Crippen LogP contribution is -2.25. The van der Waals surface area contributed by atoms with Crippen LogP contribution in [0.25, 0.3) is 0 Å². The Balaban J connectivity index is 1.81. The molecule has 1 saturated carbocycles. The third-order valence-corrected chi connectivity index (χ3v) is 4.27. The van der Waals surface area contributed by atoms with Crippen molar-refractivity contribution in [2.75, 3.05) is 24.1 Å². The van der Waals surface area contributed by atoms with Crippen LogP contribution < -0.4 is 0 Å². The molecule has 13 heavy (non-hydrogen) atoms. The summed E-state index contributed by atoms with van der Waals surface area (Å²) in [5.74, 6) is 1.42.